The van der Waals surface area contributed by atoms with Gasteiger partial charge in [0, 0.05) is 0 Å². The van der Waals surface area contributed by atoms with Gasteiger partial charge in [-0.25, -0.2) is 19.9 Å². The third-order valence-electron chi connectivity index (χ3n) is 1.91. The molecule has 0 fully saturated rings. The van der Waals surface area contributed by atoms with Crippen LogP contribution in [0.4, 0.5) is 4.79 Å². The van der Waals surface area contributed by atoms with Crippen LogP contribution in [0.2, 0.25) is 0 Å². The van der Waals surface area contributed by atoms with Crippen LogP contribution in [-0.4, -0.2) is 36.8 Å². The summed E-state index contributed by atoms with van der Waals surface area (Å²) in [6.07, 6.45) is -2.18. The summed E-state index contributed by atoms with van der Waals surface area (Å²) in [7, 11) is -2.85. The Kier molecular flexibility index (Phi) is 5.77. The van der Waals surface area contributed by atoms with Gasteiger partial charge in [-0.15, -0.1) is 10.2 Å². The van der Waals surface area contributed by atoms with Gasteiger partial charge in [0.2, 0.25) is 0 Å². The van der Waals surface area contributed by atoms with E-state index in [9.17, 15) is 4.79 Å². The second kappa shape index (κ2) is 7.10. The highest BCUT2D eigenvalue weighted by Gasteiger charge is 2.25. The summed E-state index contributed by atoms with van der Waals surface area (Å²) in [6.45, 7) is 5.65. The normalized spacial score (nSPS) is 16.4. The lowest BCUT2D eigenvalue weighted by Gasteiger charge is -2.19. The zero-order valence-corrected chi connectivity index (χ0v) is 11.9. The molecule has 20 heavy (non-hydrogen) atoms. The quantitative estimate of drug-likeness (QED) is 0.409. The fraction of sp³-hybridized carbons (Fsp3) is 0.500. The van der Waals surface area contributed by atoms with Gasteiger partial charge in [-0.2, -0.15) is 0 Å². The van der Waals surface area contributed by atoms with Crippen LogP contribution in [0.25, 0.3) is 0 Å². The molecule has 1 aromatic heterocycles. The molecule has 0 spiro atoms. The Balaban J connectivity index is 0.000000956. The lowest BCUT2D eigenvalue weighted by molar-refractivity contribution is 0.140. The van der Waals surface area contributed by atoms with Crippen LogP contribution in [0.5, 0.6) is 0 Å². The van der Waals surface area contributed by atoms with Crippen molar-refractivity contribution in [2.45, 2.75) is 26.9 Å². The minimum atomic E-state index is -2.85. The molecule has 2 rings (SSSR count). The molecule has 0 aromatic carbocycles. The molecule has 1 aliphatic heterocycles. The third kappa shape index (κ3) is 3.84. The summed E-state index contributed by atoms with van der Waals surface area (Å²) in [5, 5.41) is 7.53. The molecule has 0 saturated carbocycles. The molecule has 0 radical (unpaired) electrons. The number of aryl methyl sites for hydroxylation is 1. The van der Waals surface area contributed by atoms with Gasteiger partial charge in [0.15, 0.2) is 12.0 Å². The van der Waals surface area contributed by atoms with E-state index >= 15 is 0 Å². The molecule has 0 bridgehead atoms. The van der Waals surface area contributed by atoms with Gasteiger partial charge in [0.1, 0.15) is 5.82 Å². The van der Waals surface area contributed by atoms with Crippen LogP contribution in [0, 0.1) is 6.92 Å². The summed E-state index contributed by atoms with van der Waals surface area (Å²) in [6, 6.07) is -0.264. The first kappa shape index (κ1) is 16.2. The summed E-state index contributed by atoms with van der Waals surface area (Å²) in [4.78, 5) is 31.7. The monoisotopic (exact) mass is 306 g/mol. The van der Waals surface area contributed by atoms with E-state index in [-0.39, 0.29) is 6.02 Å². The highest BCUT2D eigenvalue weighted by molar-refractivity contribution is 7.40. The Bertz CT molecular complexity index is 504. The van der Waals surface area contributed by atoms with E-state index in [1.165, 1.54) is 4.68 Å². The number of carbonyl (C=O) groups is 1. The summed E-state index contributed by atoms with van der Waals surface area (Å²) in [5.41, 5.74) is 8.21. The number of aliphatic imine (C=N–C) groups is 1. The number of nitrogens with one attached hydrogen (secondary N) is 1. The molecular weight excluding hydrogens is 291 g/mol. The van der Waals surface area contributed by atoms with Gasteiger partial charge >= 0.3 is 20.8 Å². The molecule has 11 nitrogen and oxygen atoms in total. The lowest BCUT2D eigenvalue weighted by Crippen LogP contribution is -2.36. The van der Waals surface area contributed by atoms with E-state index in [0.717, 1.165) is 0 Å². The smallest absolute Gasteiger partial charge is 0.361 e. The number of rotatable bonds is 1. The Hall–Kier alpha value is -1.81. The maximum atomic E-state index is 11.0. The number of nitrogens with zero attached hydrogens (tertiary/aromatic N) is 4. The summed E-state index contributed by atoms with van der Waals surface area (Å²) < 4.78 is 9.95. The molecule has 2 heterocycles. The first-order valence-electron chi connectivity index (χ1n) is 5.57. The van der Waals surface area contributed by atoms with E-state index < -0.39 is 20.9 Å². The Morgan fingerprint density at radius 1 is 1.45 bits per heavy atom. The number of ether oxygens (including phenoxy) is 1. The van der Waals surface area contributed by atoms with E-state index in [1.54, 1.807) is 6.92 Å². The number of aromatic nitrogens is 3. The second-order valence-electron chi connectivity index (χ2n) is 3.13. The highest BCUT2D eigenvalue weighted by atomic mass is 31.2. The topological polar surface area (TPSA) is 157 Å². The Morgan fingerprint density at radius 3 is 2.70 bits per heavy atom. The predicted molar refractivity (Wildman–Crippen MR) is 68.8 cm³/mol. The fourth-order valence-electron chi connectivity index (χ4n) is 1.23. The maximum Gasteiger partial charge on any atom is 0.522 e. The van der Waals surface area contributed by atoms with Gasteiger partial charge in [-0.3, -0.25) is 0 Å². The molecule has 1 atom stereocenters. The lowest BCUT2D eigenvalue weighted by atomic mass is 10.5. The second-order valence-corrected chi connectivity index (χ2v) is 3.82. The van der Waals surface area contributed by atoms with Crippen LogP contribution in [0.3, 0.4) is 0 Å². The summed E-state index contributed by atoms with van der Waals surface area (Å²) >= 11 is 0. The number of hydrogen-bond donors (Lipinski definition) is 4. The van der Waals surface area contributed by atoms with Gasteiger partial charge in [-0.05, 0) is 6.92 Å². The van der Waals surface area contributed by atoms with Crippen molar-refractivity contribution in [2.75, 3.05) is 5.43 Å². The minimum absolute atomic E-state index is 0.264. The van der Waals surface area contributed by atoms with Crippen molar-refractivity contribution in [2.24, 2.45) is 10.7 Å². The van der Waals surface area contributed by atoms with Gasteiger partial charge in [-0.1, -0.05) is 13.8 Å². The number of amidine groups is 1. The van der Waals surface area contributed by atoms with Crippen molar-refractivity contribution in [1.82, 2.24) is 14.9 Å². The van der Waals surface area contributed by atoms with Crippen LogP contribution in [-0.2, 0) is 9.26 Å². The van der Waals surface area contributed by atoms with Crippen molar-refractivity contribution in [3.05, 3.63) is 11.6 Å². The largest absolute Gasteiger partial charge is 0.522 e. The SMILES string of the molecule is CC.Cc1nnc2n1NC(OC(=O)OP(O)O)=NC2N. The number of nitrogens with two attached hydrogens (primary N) is 1. The first-order valence-corrected chi connectivity index (χ1v) is 6.74. The average molecular weight is 306 g/mol. The van der Waals surface area contributed by atoms with E-state index in [2.05, 4.69) is 29.9 Å². The highest BCUT2D eigenvalue weighted by Crippen LogP contribution is 2.25. The average Bonchev–Trinajstić information content (AvgIpc) is 2.73. The van der Waals surface area contributed by atoms with Gasteiger partial charge in [0.25, 0.3) is 0 Å². The van der Waals surface area contributed by atoms with Crippen LogP contribution in [0.15, 0.2) is 4.99 Å². The van der Waals surface area contributed by atoms with Crippen molar-refractivity contribution < 1.29 is 23.8 Å². The molecule has 0 aliphatic carbocycles. The Morgan fingerprint density at radius 2 is 2.10 bits per heavy atom. The van der Waals surface area contributed by atoms with E-state index in [4.69, 9.17) is 15.5 Å². The molecule has 0 saturated heterocycles. The maximum absolute atomic E-state index is 11.0. The van der Waals surface area contributed by atoms with Crippen molar-refractivity contribution in [1.29, 1.82) is 0 Å². The van der Waals surface area contributed by atoms with Gasteiger partial charge < -0.3 is 24.8 Å². The number of fused-ring (bicyclic) bond motifs is 1. The predicted octanol–water partition coefficient (Wildman–Crippen LogP) is -0.152. The molecule has 1 aromatic rings. The number of carbonyl (C=O) groups excluding carboxylic acids is 1. The molecular formula is C8H15N6O5P. The van der Waals surface area contributed by atoms with Crippen molar-refractivity contribution in [3.63, 3.8) is 0 Å². The van der Waals surface area contributed by atoms with Crippen LogP contribution < -0.4 is 11.2 Å². The zero-order valence-electron chi connectivity index (χ0n) is 11.0. The molecule has 1 unspecified atom stereocenters. The Labute approximate surface area is 115 Å². The van der Waals surface area contributed by atoms with Gasteiger partial charge in [0.05, 0.1) is 0 Å². The summed E-state index contributed by atoms with van der Waals surface area (Å²) in [5.74, 6) is 0.830. The molecule has 1 aliphatic rings. The van der Waals surface area contributed by atoms with E-state index in [0.29, 0.717) is 11.6 Å². The number of hydrogen-bond acceptors (Lipinski definition) is 10. The minimum Gasteiger partial charge on any atom is -0.361 e. The zero-order chi connectivity index (χ0) is 15.3. The standard InChI is InChI=1S/C6H9N6O5P.C2H6/c1-2-9-10-4-3(7)8-5(11-12(2)4)16-6(13)17-18(14)15;1-2/h3,14-15H,7H2,1H3,(H,8,11);1-2H3. The van der Waals surface area contributed by atoms with Crippen molar-refractivity contribution in [3.8, 4) is 0 Å². The van der Waals surface area contributed by atoms with E-state index in [1.807, 2.05) is 13.8 Å². The first-order chi connectivity index (χ1) is 9.47. The molecule has 12 heteroatoms. The van der Waals surface area contributed by atoms with Crippen molar-refractivity contribution >= 4 is 20.8 Å². The molecule has 112 valence electrons. The van der Waals surface area contributed by atoms with Crippen LogP contribution >= 0.6 is 8.60 Å². The third-order valence-corrected chi connectivity index (χ3v) is 2.23. The molecule has 0 amide bonds. The fourth-order valence-corrected chi connectivity index (χ4v) is 1.40. The van der Waals surface area contributed by atoms with Crippen LogP contribution in [0.1, 0.15) is 31.7 Å². The molecule has 5 N–H and O–H groups in total.